The molecule has 1 aliphatic rings. The van der Waals surface area contributed by atoms with E-state index >= 15 is 0 Å². The molecule has 0 atom stereocenters. The first kappa shape index (κ1) is 12.3. The van der Waals surface area contributed by atoms with Crippen molar-refractivity contribution in [3.8, 4) is 0 Å². The van der Waals surface area contributed by atoms with E-state index in [1.54, 1.807) is 6.20 Å². The predicted octanol–water partition coefficient (Wildman–Crippen LogP) is 1.32. The number of nitrogens with zero attached hydrogens (tertiary/aromatic N) is 2. The third-order valence-corrected chi connectivity index (χ3v) is 3.38. The molecule has 0 spiro atoms. The van der Waals surface area contributed by atoms with Crippen molar-refractivity contribution in [1.82, 2.24) is 9.88 Å². The van der Waals surface area contributed by atoms with Crippen molar-refractivity contribution >= 4 is 5.69 Å². The number of pyridine rings is 1. The highest BCUT2D eigenvalue weighted by Gasteiger charge is 2.17. The third kappa shape index (κ3) is 3.68. The van der Waals surface area contributed by atoms with Gasteiger partial charge in [-0.3, -0.25) is 4.98 Å². The molecule has 2 rings (SSSR count). The van der Waals surface area contributed by atoms with Crippen molar-refractivity contribution in [2.24, 2.45) is 0 Å². The molecule has 0 bridgehead atoms. The molecule has 1 aromatic rings. The fourth-order valence-electron chi connectivity index (χ4n) is 2.18. The molecule has 1 aromatic heterocycles. The fourth-order valence-corrected chi connectivity index (χ4v) is 2.18. The van der Waals surface area contributed by atoms with Gasteiger partial charge < -0.3 is 15.4 Å². The molecule has 0 saturated carbocycles. The summed E-state index contributed by atoms with van der Waals surface area (Å²) in [6, 6.07) is 4.58. The van der Waals surface area contributed by atoms with Gasteiger partial charge >= 0.3 is 0 Å². The highest BCUT2D eigenvalue weighted by Crippen LogP contribution is 2.13. The number of hydrogen-bond acceptors (Lipinski definition) is 4. The van der Waals surface area contributed by atoms with Crippen LogP contribution in [0.1, 0.15) is 18.5 Å². The summed E-state index contributed by atoms with van der Waals surface area (Å²) >= 11 is 0. The zero-order valence-corrected chi connectivity index (χ0v) is 10.4. The van der Waals surface area contributed by atoms with E-state index < -0.39 is 0 Å². The lowest BCUT2D eigenvalue weighted by Gasteiger charge is -2.31. The smallest absolute Gasteiger partial charge is 0.0501 e. The summed E-state index contributed by atoms with van der Waals surface area (Å²) in [5.41, 5.74) is 7.45. The Kier molecular flexibility index (Phi) is 4.34. The van der Waals surface area contributed by atoms with Crippen LogP contribution in [0.3, 0.4) is 0 Å². The monoisotopic (exact) mass is 235 g/mol. The lowest BCUT2D eigenvalue weighted by molar-refractivity contribution is 0.0434. The second-order valence-electron chi connectivity index (χ2n) is 4.66. The van der Waals surface area contributed by atoms with Crippen LogP contribution in [0.4, 0.5) is 5.69 Å². The average molecular weight is 235 g/mol. The number of anilines is 1. The molecule has 1 fully saturated rings. The van der Waals surface area contributed by atoms with Crippen LogP contribution in [0.15, 0.2) is 18.3 Å². The van der Waals surface area contributed by atoms with E-state index in [0.29, 0.717) is 6.04 Å². The van der Waals surface area contributed by atoms with E-state index in [1.807, 2.05) is 12.1 Å². The molecule has 1 aliphatic heterocycles. The van der Waals surface area contributed by atoms with E-state index in [0.717, 1.165) is 50.4 Å². The lowest BCUT2D eigenvalue weighted by atomic mass is 10.1. The van der Waals surface area contributed by atoms with Gasteiger partial charge in [-0.15, -0.1) is 0 Å². The Bertz CT molecular complexity index is 333. The minimum absolute atomic E-state index is 0.664. The fraction of sp³-hybridized carbons (Fsp3) is 0.615. The zero-order valence-electron chi connectivity index (χ0n) is 10.4. The molecule has 4 nitrogen and oxygen atoms in total. The summed E-state index contributed by atoms with van der Waals surface area (Å²) in [6.07, 6.45) is 5.00. The Labute approximate surface area is 103 Å². The van der Waals surface area contributed by atoms with E-state index in [2.05, 4.69) is 16.9 Å². The Morgan fingerprint density at radius 3 is 2.82 bits per heavy atom. The van der Waals surface area contributed by atoms with E-state index in [9.17, 15) is 0 Å². The van der Waals surface area contributed by atoms with Gasteiger partial charge in [0.1, 0.15) is 0 Å². The summed E-state index contributed by atoms with van der Waals surface area (Å²) < 4.78 is 5.37. The molecule has 1 saturated heterocycles. The highest BCUT2D eigenvalue weighted by atomic mass is 16.5. The summed E-state index contributed by atoms with van der Waals surface area (Å²) in [7, 11) is 2.19. The molecular formula is C13H21N3O. The minimum Gasteiger partial charge on any atom is -0.397 e. The van der Waals surface area contributed by atoms with Crippen molar-refractivity contribution in [2.45, 2.75) is 25.3 Å². The quantitative estimate of drug-likeness (QED) is 0.855. The van der Waals surface area contributed by atoms with Crippen LogP contribution < -0.4 is 5.73 Å². The van der Waals surface area contributed by atoms with Gasteiger partial charge in [0.15, 0.2) is 0 Å². The van der Waals surface area contributed by atoms with Crippen molar-refractivity contribution in [3.63, 3.8) is 0 Å². The van der Waals surface area contributed by atoms with Crippen LogP contribution in [-0.4, -0.2) is 42.7 Å². The van der Waals surface area contributed by atoms with E-state index in [4.69, 9.17) is 10.5 Å². The molecule has 0 aliphatic carbocycles. The van der Waals surface area contributed by atoms with Crippen molar-refractivity contribution < 1.29 is 4.74 Å². The third-order valence-electron chi connectivity index (χ3n) is 3.38. The molecule has 17 heavy (non-hydrogen) atoms. The normalized spacial score (nSPS) is 17.5. The molecule has 0 amide bonds. The second-order valence-corrected chi connectivity index (χ2v) is 4.66. The van der Waals surface area contributed by atoms with Crippen molar-refractivity contribution in [2.75, 3.05) is 32.5 Å². The summed E-state index contributed by atoms with van der Waals surface area (Å²) in [5.74, 6) is 0. The van der Waals surface area contributed by atoms with Crippen molar-refractivity contribution in [3.05, 3.63) is 24.0 Å². The van der Waals surface area contributed by atoms with Crippen LogP contribution in [0.5, 0.6) is 0 Å². The van der Waals surface area contributed by atoms with Gasteiger partial charge in [0.05, 0.1) is 11.9 Å². The minimum atomic E-state index is 0.664. The van der Waals surface area contributed by atoms with Crippen molar-refractivity contribution in [1.29, 1.82) is 0 Å². The average Bonchev–Trinajstić information content (AvgIpc) is 2.39. The first-order chi connectivity index (χ1) is 8.25. The SMILES string of the molecule is CN(CCc1ccc(N)cn1)C1CCOCC1. The number of aromatic nitrogens is 1. The number of ether oxygens (including phenoxy) is 1. The molecule has 0 aromatic carbocycles. The first-order valence-electron chi connectivity index (χ1n) is 6.24. The van der Waals surface area contributed by atoms with E-state index in [1.165, 1.54) is 0 Å². The maximum absolute atomic E-state index is 5.61. The van der Waals surface area contributed by atoms with Gasteiger partial charge in [-0.2, -0.15) is 0 Å². The van der Waals surface area contributed by atoms with Crippen LogP contribution >= 0.6 is 0 Å². The number of nitrogen functional groups attached to an aromatic ring is 1. The molecule has 0 radical (unpaired) electrons. The maximum Gasteiger partial charge on any atom is 0.0501 e. The highest BCUT2D eigenvalue weighted by molar-refractivity contribution is 5.34. The standard InChI is InChI=1S/C13H21N3O/c1-16(13-5-8-17-9-6-13)7-4-12-3-2-11(14)10-15-12/h2-3,10,13H,4-9,14H2,1H3. The predicted molar refractivity (Wildman–Crippen MR) is 68.8 cm³/mol. The van der Waals surface area contributed by atoms with Crippen LogP contribution in [0, 0.1) is 0 Å². The van der Waals surface area contributed by atoms with E-state index in [-0.39, 0.29) is 0 Å². The van der Waals surface area contributed by atoms with Gasteiger partial charge in [-0.1, -0.05) is 0 Å². The maximum atomic E-state index is 5.61. The van der Waals surface area contributed by atoms with Crippen LogP contribution in [-0.2, 0) is 11.2 Å². The molecule has 2 N–H and O–H groups in total. The lowest BCUT2D eigenvalue weighted by Crippen LogP contribution is -2.37. The topological polar surface area (TPSA) is 51.4 Å². The molecule has 0 unspecified atom stereocenters. The van der Waals surface area contributed by atoms with Gasteiger partial charge in [0.25, 0.3) is 0 Å². The Morgan fingerprint density at radius 2 is 2.18 bits per heavy atom. The number of nitrogens with two attached hydrogens (primary N) is 1. The largest absolute Gasteiger partial charge is 0.397 e. The number of rotatable bonds is 4. The molecule has 4 heteroatoms. The summed E-state index contributed by atoms with van der Waals surface area (Å²) in [6.45, 7) is 2.84. The number of likely N-dealkylation sites (N-methyl/N-ethyl adjacent to an activating group) is 1. The van der Waals surface area contributed by atoms with Crippen LogP contribution in [0.2, 0.25) is 0 Å². The Morgan fingerprint density at radius 1 is 1.41 bits per heavy atom. The van der Waals surface area contributed by atoms with Gasteiger partial charge in [-0.05, 0) is 32.0 Å². The molecule has 2 heterocycles. The van der Waals surface area contributed by atoms with Gasteiger partial charge in [-0.25, -0.2) is 0 Å². The first-order valence-corrected chi connectivity index (χ1v) is 6.24. The second kappa shape index (κ2) is 5.98. The number of hydrogen-bond donors (Lipinski definition) is 1. The Balaban J connectivity index is 1.78. The summed E-state index contributed by atoms with van der Waals surface area (Å²) in [5, 5.41) is 0. The molecule has 94 valence electrons. The van der Waals surface area contributed by atoms with Gasteiger partial charge in [0.2, 0.25) is 0 Å². The van der Waals surface area contributed by atoms with Crippen LogP contribution in [0.25, 0.3) is 0 Å². The Hall–Kier alpha value is -1.13. The zero-order chi connectivity index (χ0) is 12.1. The summed E-state index contributed by atoms with van der Waals surface area (Å²) in [4.78, 5) is 6.74. The molecular weight excluding hydrogens is 214 g/mol. The van der Waals surface area contributed by atoms with Gasteiger partial charge in [0, 0.05) is 37.9 Å².